The van der Waals surface area contributed by atoms with Crippen LogP contribution in [0.2, 0.25) is 0 Å². The topological polar surface area (TPSA) is 77.8 Å². The number of aliphatic hydroxyl groups is 1. The molecule has 0 aliphatic carbocycles. The highest BCUT2D eigenvalue weighted by atomic mass is 31.2. The highest BCUT2D eigenvalue weighted by Gasteiger charge is 2.48. The molecule has 0 heterocycles. The van der Waals surface area contributed by atoms with E-state index in [0.29, 0.717) is 10.9 Å². The average molecular weight is 519 g/mol. The zero-order valence-electron chi connectivity index (χ0n) is 23.9. The molecule has 35 heavy (non-hydrogen) atoms. The van der Waals surface area contributed by atoms with Crippen molar-refractivity contribution in [2.75, 3.05) is 27.7 Å². The summed E-state index contributed by atoms with van der Waals surface area (Å²) in [6.07, 6.45) is 30.2. The third kappa shape index (κ3) is 21.6. The quantitative estimate of drug-likeness (QED) is 0.0491. The number of likely N-dealkylation sites (N-methyl/N-ethyl adjacent to an activating group) is 1. The zero-order valence-corrected chi connectivity index (χ0v) is 24.7. The Hall–Kier alpha value is -0.190. The summed E-state index contributed by atoms with van der Waals surface area (Å²) < 4.78 is 12.1. The van der Waals surface area contributed by atoms with Gasteiger partial charge in [-0.05, 0) is 38.5 Å². The second-order valence-corrected chi connectivity index (χ2v) is 13.7. The number of allylic oxidation sites excluding steroid dienone is 2. The predicted molar refractivity (Wildman–Crippen MR) is 152 cm³/mol. The standard InChI is InChI=1S/C29H60NO4P/c1-5-6-7-8-9-10-11-12-13-14-15-16-17-18-19-20-21-22-23-24-25-26-27-29(31,35(32,33)34)28-30(2,3)4/h19-20,31H,5-18,21-28H2,1-4H3,(H-,32,33,34)/p+1/b20-19-. The van der Waals surface area contributed by atoms with Crippen LogP contribution in [0.3, 0.4) is 0 Å². The minimum Gasteiger partial charge on any atom is -0.373 e. The number of hydrogen-bond donors (Lipinski definition) is 3. The Labute approximate surface area is 218 Å². The van der Waals surface area contributed by atoms with Crippen molar-refractivity contribution in [3.8, 4) is 0 Å². The molecule has 5 nitrogen and oxygen atoms in total. The SMILES string of the molecule is CCCCCCCCCCCCCCC/C=C\CCCCCCCC(O)(C[N+](C)(C)C)P(=O)(O)O. The first kappa shape index (κ1) is 34.8. The smallest absolute Gasteiger partial charge is 0.362 e. The van der Waals surface area contributed by atoms with Gasteiger partial charge in [-0.25, -0.2) is 0 Å². The van der Waals surface area contributed by atoms with Gasteiger partial charge in [0.25, 0.3) is 0 Å². The number of unbranched alkanes of at least 4 members (excludes halogenated alkanes) is 18. The van der Waals surface area contributed by atoms with E-state index in [-0.39, 0.29) is 13.0 Å². The van der Waals surface area contributed by atoms with E-state index in [1.54, 1.807) is 0 Å². The summed E-state index contributed by atoms with van der Waals surface area (Å²) in [6.45, 7) is 2.34. The van der Waals surface area contributed by atoms with Crippen molar-refractivity contribution in [1.29, 1.82) is 0 Å². The molecule has 1 unspecified atom stereocenters. The first-order chi connectivity index (χ1) is 16.5. The van der Waals surface area contributed by atoms with Crippen molar-refractivity contribution in [2.45, 2.75) is 147 Å². The average Bonchev–Trinajstić information content (AvgIpc) is 2.75. The molecule has 0 spiro atoms. The summed E-state index contributed by atoms with van der Waals surface area (Å²) in [5.41, 5.74) is 0. The van der Waals surface area contributed by atoms with Gasteiger partial charge in [0.05, 0.1) is 21.1 Å². The molecule has 0 fully saturated rings. The molecule has 0 aromatic rings. The largest absolute Gasteiger partial charge is 0.373 e. The maximum atomic E-state index is 11.8. The summed E-state index contributed by atoms with van der Waals surface area (Å²) in [7, 11) is 0.970. The van der Waals surface area contributed by atoms with Gasteiger partial charge < -0.3 is 19.4 Å². The first-order valence-corrected chi connectivity index (χ1v) is 16.4. The van der Waals surface area contributed by atoms with Crippen molar-refractivity contribution in [2.24, 2.45) is 0 Å². The summed E-state index contributed by atoms with van der Waals surface area (Å²) in [6, 6.07) is 0. The Bertz CT molecular complexity index is 555. The summed E-state index contributed by atoms with van der Waals surface area (Å²) >= 11 is 0. The van der Waals surface area contributed by atoms with Crippen LogP contribution in [0.4, 0.5) is 0 Å². The van der Waals surface area contributed by atoms with Gasteiger partial charge in [0.2, 0.25) is 5.34 Å². The molecule has 0 radical (unpaired) electrons. The van der Waals surface area contributed by atoms with Crippen molar-refractivity contribution in [3.05, 3.63) is 12.2 Å². The van der Waals surface area contributed by atoms with E-state index >= 15 is 0 Å². The minimum atomic E-state index is -4.55. The molecule has 0 saturated carbocycles. The van der Waals surface area contributed by atoms with Gasteiger partial charge in [-0.1, -0.05) is 115 Å². The van der Waals surface area contributed by atoms with Crippen LogP contribution in [0.25, 0.3) is 0 Å². The molecule has 0 aliphatic rings. The van der Waals surface area contributed by atoms with Crippen LogP contribution in [0.1, 0.15) is 142 Å². The third-order valence-electron chi connectivity index (χ3n) is 6.86. The van der Waals surface area contributed by atoms with Crippen molar-refractivity contribution >= 4 is 7.60 Å². The van der Waals surface area contributed by atoms with Crippen LogP contribution < -0.4 is 0 Å². The van der Waals surface area contributed by atoms with Gasteiger partial charge in [-0.2, -0.15) is 0 Å². The molecule has 0 rings (SSSR count). The highest BCUT2D eigenvalue weighted by molar-refractivity contribution is 7.53. The van der Waals surface area contributed by atoms with Gasteiger partial charge >= 0.3 is 7.60 Å². The van der Waals surface area contributed by atoms with Crippen LogP contribution >= 0.6 is 7.60 Å². The lowest BCUT2D eigenvalue weighted by Gasteiger charge is -2.35. The van der Waals surface area contributed by atoms with Crippen LogP contribution in [-0.2, 0) is 4.57 Å². The summed E-state index contributed by atoms with van der Waals surface area (Å²) in [5.74, 6) is 0. The lowest BCUT2D eigenvalue weighted by Crippen LogP contribution is -2.49. The molecule has 1 atom stereocenters. The molecule has 0 bridgehead atoms. The van der Waals surface area contributed by atoms with E-state index in [9.17, 15) is 19.5 Å². The van der Waals surface area contributed by atoms with Crippen LogP contribution in [0.5, 0.6) is 0 Å². The molecule has 6 heteroatoms. The van der Waals surface area contributed by atoms with Crippen molar-refractivity contribution < 1.29 is 23.9 Å². The molecule has 0 amide bonds. The molecular formula is C29H61NO4P+. The minimum absolute atomic E-state index is 0.0569. The number of quaternary nitrogens is 1. The Balaban J connectivity index is 3.53. The van der Waals surface area contributed by atoms with Crippen LogP contribution in [-0.4, -0.2) is 52.4 Å². The van der Waals surface area contributed by atoms with Crippen LogP contribution in [0, 0.1) is 0 Å². The lowest BCUT2D eigenvalue weighted by atomic mass is 10.0. The number of hydrogen-bond acceptors (Lipinski definition) is 2. The van der Waals surface area contributed by atoms with Gasteiger partial charge in [0.15, 0.2) is 0 Å². The fourth-order valence-electron chi connectivity index (χ4n) is 4.79. The van der Waals surface area contributed by atoms with E-state index < -0.39 is 12.9 Å². The normalized spacial score (nSPS) is 14.6. The maximum absolute atomic E-state index is 11.8. The lowest BCUT2D eigenvalue weighted by molar-refractivity contribution is -0.875. The van der Waals surface area contributed by atoms with Gasteiger partial charge in [0, 0.05) is 0 Å². The fraction of sp³-hybridized carbons (Fsp3) is 0.931. The fourth-order valence-corrected chi connectivity index (χ4v) is 5.85. The second kappa shape index (κ2) is 20.8. The number of nitrogens with zero attached hydrogens (tertiary/aromatic N) is 1. The van der Waals surface area contributed by atoms with Crippen LogP contribution in [0.15, 0.2) is 12.2 Å². The molecule has 0 aliphatic heterocycles. The molecular weight excluding hydrogens is 457 g/mol. The predicted octanol–water partition coefficient (Wildman–Crippen LogP) is 8.33. The molecule has 0 aromatic carbocycles. The first-order valence-electron chi connectivity index (χ1n) is 14.8. The summed E-state index contributed by atoms with van der Waals surface area (Å²) in [5, 5.41) is 8.65. The summed E-state index contributed by atoms with van der Waals surface area (Å²) in [4.78, 5) is 19.2. The van der Waals surface area contributed by atoms with Gasteiger partial charge in [-0.3, -0.25) is 4.57 Å². The Morgan fingerprint density at radius 2 is 0.971 bits per heavy atom. The second-order valence-electron chi connectivity index (χ2n) is 11.8. The molecule has 210 valence electrons. The third-order valence-corrected chi connectivity index (χ3v) is 8.31. The Morgan fingerprint density at radius 3 is 1.31 bits per heavy atom. The molecule has 0 saturated heterocycles. The van der Waals surface area contributed by atoms with E-state index in [1.807, 2.05) is 21.1 Å². The monoisotopic (exact) mass is 518 g/mol. The Kier molecular flexibility index (Phi) is 20.7. The maximum Gasteiger partial charge on any atom is 0.362 e. The van der Waals surface area contributed by atoms with Crippen molar-refractivity contribution in [1.82, 2.24) is 0 Å². The van der Waals surface area contributed by atoms with E-state index in [4.69, 9.17) is 0 Å². The van der Waals surface area contributed by atoms with Crippen molar-refractivity contribution in [3.63, 3.8) is 0 Å². The van der Waals surface area contributed by atoms with E-state index in [0.717, 1.165) is 32.1 Å². The van der Waals surface area contributed by atoms with Gasteiger partial charge in [0.1, 0.15) is 6.54 Å². The molecule has 3 N–H and O–H groups in total. The van der Waals surface area contributed by atoms with E-state index in [2.05, 4.69) is 19.1 Å². The zero-order chi connectivity index (χ0) is 26.5. The number of rotatable bonds is 25. The van der Waals surface area contributed by atoms with Gasteiger partial charge in [-0.15, -0.1) is 0 Å². The Morgan fingerprint density at radius 1 is 0.629 bits per heavy atom. The molecule has 0 aromatic heterocycles. The van der Waals surface area contributed by atoms with E-state index in [1.165, 1.54) is 89.9 Å². The highest BCUT2D eigenvalue weighted by Crippen LogP contribution is 2.52.